The van der Waals surface area contributed by atoms with Crippen molar-refractivity contribution in [1.29, 1.82) is 0 Å². The number of thiazole rings is 1. The fraction of sp³-hybridized carbons (Fsp3) is 0.278. The van der Waals surface area contributed by atoms with Crippen molar-refractivity contribution in [2.75, 3.05) is 6.61 Å². The van der Waals surface area contributed by atoms with Crippen LogP contribution in [0.1, 0.15) is 23.4 Å². The molecule has 0 radical (unpaired) electrons. The van der Waals surface area contributed by atoms with Crippen LogP contribution >= 0.6 is 11.3 Å². The van der Waals surface area contributed by atoms with Crippen molar-refractivity contribution in [1.82, 2.24) is 9.97 Å². The maximum absolute atomic E-state index is 11.8. The largest absolute Gasteiger partial charge is 0.466 e. The molecule has 0 spiro atoms. The summed E-state index contributed by atoms with van der Waals surface area (Å²) in [6, 6.07) is 12.0. The molecule has 1 aromatic carbocycles. The van der Waals surface area contributed by atoms with E-state index in [0.717, 1.165) is 33.6 Å². The number of hydrogen-bond acceptors (Lipinski definition) is 5. The Hall–Kier alpha value is -2.27. The molecular weight excluding hydrogens is 308 g/mol. The standard InChI is InChI=1S/C18H18N2O2S/c21-18(22-12-4-6-14-5-3-11-19-13-14)10-9-17-20-15-7-1-2-8-16(15)23-17/h1-3,5,7-8,11,13H,4,6,9-10,12H2. The van der Waals surface area contributed by atoms with Crippen LogP contribution in [0.4, 0.5) is 0 Å². The summed E-state index contributed by atoms with van der Waals surface area (Å²) >= 11 is 1.64. The molecule has 0 bridgehead atoms. The first-order valence-corrected chi connectivity index (χ1v) is 8.52. The van der Waals surface area contributed by atoms with E-state index in [2.05, 4.69) is 9.97 Å². The van der Waals surface area contributed by atoms with Crippen molar-refractivity contribution in [3.8, 4) is 0 Å². The van der Waals surface area contributed by atoms with E-state index >= 15 is 0 Å². The van der Waals surface area contributed by atoms with Crippen LogP contribution in [0.5, 0.6) is 0 Å². The molecule has 3 rings (SSSR count). The van der Waals surface area contributed by atoms with Crippen molar-refractivity contribution < 1.29 is 9.53 Å². The number of nitrogens with zero attached hydrogens (tertiary/aromatic N) is 2. The number of aryl methyl sites for hydroxylation is 2. The first-order chi connectivity index (χ1) is 11.3. The normalized spacial score (nSPS) is 10.8. The molecule has 0 aliphatic heterocycles. The van der Waals surface area contributed by atoms with Crippen molar-refractivity contribution in [3.63, 3.8) is 0 Å². The van der Waals surface area contributed by atoms with E-state index in [9.17, 15) is 4.79 Å². The quantitative estimate of drug-likeness (QED) is 0.489. The van der Waals surface area contributed by atoms with Crippen LogP contribution in [0.2, 0.25) is 0 Å². The van der Waals surface area contributed by atoms with Gasteiger partial charge in [-0.2, -0.15) is 0 Å². The number of carbonyl (C=O) groups excluding carboxylic acids is 1. The SMILES string of the molecule is O=C(CCc1nc2ccccc2s1)OCCCc1cccnc1. The molecule has 0 saturated heterocycles. The van der Waals surface area contributed by atoms with Gasteiger partial charge in [0.05, 0.1) is 28.3 Å². The van der Waals surface area contributed by atoms with Gasteiger partial charge in [-0.15, -0.1) is 11.3 Å². The molecule has 3 aromatic rings. The molecule has 0 saturated carbocycles. The van der Waals surface area contributed by atoms with Crippen LogP contribution in [0, 0.1) is 0 Å². The monoisotopic (exact) mass is 326 g/mol. The molecule has 23 heavy (non-hydrogen) atoms. The lowest BCUT2D eigenvalue weighted by atomic mass is 10.2. The van der Waals surface area contributed by atoms with Crippen LogP contribution in [0.15, 0.2) is 48.8 Å². The van der Waals surface area contributed by atoms with Gasteiger partial charge in [-0.25, -0.2) is 4.98 Å². The number of ether oxygens (including phenoxy) is 1. The van der Waals surface area contributed by atoms with E-state index in [1.165, 1.54) is 0 Å². The molecule has 0 fully saturated rings. The highest BCUT2D eigenvalue weighted by Gasteiger charge is 2.07. The van der Waals surface area contributed by atoms with Crippen LogP contribution < -0.4 is 0 Å². The summed E-state index contributed by atoms with van der Waals surface area (Å²) in [6.45, 7) is 0.452. The Labute approximate surface area is 139 Å². The lowest BCUT2D eigenvalue weighted by molar-refractivity contribution is -0.143. The van der Waals surface area contributed by atoms with Gasteiger partial charge >= 0.3 is 5.97 Å². The van der Waals surface area contributed by atoms with Crippen molar-refractivity contribution in [2.24, 2.45) is 0 Å². The first kappa shape index (κ1) is 15.6. The zero-order chi connectivity index (χ0) is 15.9. The Bertz CT molecular complexity index is 738. The minimum absolute atomic E-state index is 0.157. The zero-order valence-corrected chi connectivity index (χ0v) is 13.6. The Morgan fingerprint density at radius 3 is 2.87 bits per heavy atom. The van der Waals surface area contributed by atoms with Gasteiger partial charge in [-0.1, -0.05) is 18.2 Å². The molecule has 0 atom stereocenters. The average Bonchev–Trinajstić information content (AvgIpc) is 3.01. The lowest BCUT2D eigenvalue weighted by Gasteiger charge is -2.04. The molecule has 4 nitrogen and oxygen atoms in total. The number of para-hydroxylation sites is 1. The molecule has 2 heterocycles. The number of esters is 1. The third kappa shape index (κ3) is 4.60. The molecule has 118 valence electrons. The fourth-order valence-electron chi connectivity index (χ4n) is 2.32. The molecule has 0 aliphatic carbocycles. The predicted molar refractivity (Wildman–Crippen MR) is 91.5 cm³/mol. The Morgan fingerprint density at radius 2 is 2.04 bits per heavy atom. The van der Waals surface area contributed by atoms with Crippen LogP contribution in [-0.2, 0) is 22.4 Å². The van der Waals surface area contributed by atoms with Gasteiger partial charge in [0.2, 0.25) is 0 Å². The Kier molecular flexibility index (Phi) is 5.32. The maximum Gasteiger partial charge on any atom is 0.306 e. The summed E-state index contributed by atoms with van der Waals surface area (Å²) in [5.41, 5.74) is 2.16. The number of carbonyl (C=O) groups is 1. The number of fused-ring (bicyclic) bond motifs is 1. The van der Waals surface area contributed by atoms with Gasteiger partial charge in [0.15, 0.2) is 0 Å². The summed E-state index contributed by atoms with van der Waals surface area (Å²) in [6.07, 6.45) is 6.31. The second kappa shape index (κ2) is 7.83. The smallest absolute Gasteiger partial charge is 0.306 e. The zero-order valence-electron chi connectivity index (χ0n) is 12.8. The lowest BCUT2D eigenvalue weighted by Crippen LogP contribution is -2.07. The molecular formula is C18H18N2O2S. The van der Waals surface area contributed by atoms with E-state index in [0.29, 0.717) is 19.4 Å². The topological polar surface area (TPSA) is 52.1 Å². The van der Waals surface area contributed by atoms with Gasteiger partial charge in [-0.3, -0.25) is 9.78 Å². The predicted octanol–water partition coefficient (Wildman–Crippen LogP) is 3.80. The summed E-state index contributed by atoms with van der Waals surface area (Å²) < 4.78 is 6.44. The minimum Gasteiger partial charge on any atom is -0.466 e. The Balaban J connectivity index is 1.38. The molecule has 0 aliphatic rings. The van der Waals surface area contributed by atoms with Crippen LogP contribution in [0.25, 0.3) is 10.2 Å². The van der Waals surface area contributed by atoms with Gasteiger partial charge in [0.25, 0.3) is 0 Å². The number of hydrogen-bond donors (Lipinski definition) is 0. The Morgan fingerprint density at radius 1 is 1.13 bits per heavy atom. The third-order valence-electron chi connectivity index (χ3n) is 3.48. The highest BCUT2D eigenvalue weighted by atomic mass is 32.1. The van der Waals surface area contributed by atoms with E-state index in [1.807, 2.05) is 42.6 Å². The summed E-state index contributed by atoms with van der Waals surface area (Å²) in [7, 11) is 0. The summed E-state index contributed by atoms with van der Waals surface area (Å²) in [5, 5.41) is 0.985. The molecule has 0 N–H and O–H groups in total. The van der Waals surface area contributed by atoms with E-state index < -0.39 is 0 Å². The second-order valence-electron chi connectivity index (χ2n) is 5.26. The van der Waals surface area contributed by atoms with Crippen LogP contribution in [0.3, 0.4) is 0 Å². The van der Waals surface area contributed by atoms with Gasteiger partial charge < -0.3 is 4.74 Å². The van der Waals surface area contributed by atoms with Crippen molar-refractivity contribution >= 4 is 27.5 Å². The molecule has 5 heteroatoms. The maximum atomic E-state index is 11.8. The molecule has 0 amide bonds. The van der Waals surface area contributed by atoms with Crippen molar-refractivity contribution in [2.45, 2.75) is 25.7 Å². The first-order valence-electron chi connectivity index (χ1n) is 7.70. The number of aromatic nitrogens is 2. The van der Waals surface area contributed by atoms with Gasteiger partial charge in [-0.05, 0) is 36.6 Å². The van der Waals surface area contributed by atoms with E-state index in [-0.39, 0.29) is 5.97 Å². The van der Waals surface area contributed by atoms with Crippen molar-refractivity contribution in [3.05, 3.63) is 59.4 Å². The van der Waals surface area contributed by atoms with E-state index in [4.69, 9.17) is 4.74 Å². The molecule has 2 aromatic heterocycles. The fourth-order valence-corrected chi connectivity index (χ4v) is 3.28. The highest BCUT2D eigenvalue weighted by Crippen LogP contribution is 2.22. The number of pyridine rings is 1. The average molecular weight is 326 g/mol. The number of rotatable bonds is 7. The second-order valence-corrected chi connectivity index (χ2v) is 6.38. The number of benzene rings is 1. The summed E-state index contributed by atoms with van der Waals surface area (Å²) in [4.78, 5) is 20.4. The van der Waals surface area contributed by atoms with Gasteiger partial charge in [0.1, 0.15) is 0 Å². The van der Waals surface area contributed by atoms with E-state index in [1.54, 1.807) is 17.5 Å². The van der Waals surface area contributed by atoms with Gasteiger partial charge in [0, 0.05) is 18.8 Å². The summed E-state index contributed by atoms with van der Waals surface area (Å²) in [5.74, 6) is -0.157. The minimum atomic E-state index is -0.157. The highest BCUT2D eigenvalue weighted by molar-refractivity contribution is 7.18. The van der Waals surface area contributed by atoms with Crippen LogP contribution in [-0.4, -0.2) is 22.5 Å². The molecule has 0 unspecified atom stereocenters. The third-order valence-corrected chi connectivity index (χ3v) is 4.57.